The number of aromatic nitrogens is 2. The predicted molar refractivity (Wildman–Crippen MR) is 77.1 cm³/mol. The smallest absolute Gasteiger partial charge is 0.122 e. The number of ether oxygens (including phenoxy) is 1. The van der Waals surface area contributed by atoms with Crippen molar-refractivity contribution in [3.8, 4) is 5.75 Å². The van der Waals surface area contributed by atoms with E-state index in [-0.39, 0.29) is 12.6 Å². The van der Waals surface area contributed by atoms with Gasteiger partial charge in [-0.25, -0.2) is 4.98 Å². The maximum Gasteiger partial charge on any atom is 0.122 e. The number of aliphatic hydroxyl groups excluding tert-OH is 1. The normalized spacial score (nSPS) is 17.8. The van der Waals surface area contributed by atoms with Gasteiger partial charge in [-0.3, -0.25) is 0 Å². The number of hydrogen-bond donors (Lipinski definition) is 1. The van der Waals surface area contributed by atoms with E-state index in [1.54, 1.807) is 7.11 Å². The number of rotatable bonds is 4. The summed E-state index contributed by atoms with van der Waals surface area (Å²) in [5, 5.41) is 9.57. The maximum absolute atomic E-state index is 9.57. The van der Waals surface area contributed by atoms with Crippen LogP contribution >= 0.6 is 0 Å². The molecule has 0 fully saturated rings. The Morgan fingerprint density at radius 3 is 3.05 bits per heavy atom. The van der Waals surface area contributed by atoms with Crippen LogP contribution < -0.4 is 4.74 Å². The van der Waals surface area contributed by atoms with Crippen molar-refractivity contribution >= 4 is 0 Å². The van der Waals surface area contributed by atoms with E-state index in [0.717, 1.165) is 42.8 Å². The minimum atomic E-state index is 0.172. The average molecular weight is 272 g/mol. The van der Waals surface area contributed by atoms with Gasteiger partial charge in [0.15, 0.2) is 0 Å². The molecule has 1 atom stereocenters. The highest BCUT2D eigenvalue weighted by Crippen LogP contribution is 2.28. The molecule has 1 N–H and O–H groups in total. The number of methoxy groups -OCH3 is 1. The summed E-state index contributed by atoms with van der Waals surface area (Å²) in [6.45, 7) is 0.183. The second-order valence-corrected chi connectivity index (χ2v) is 5.25. The molecule has 0 radical (unpaired) electrons. The first-order valence-corrected chi connectivity index (χ1v) is 7.11. The second-order valence-electron chi connectivity index (χ2n) is 5.25. The third-order valence-corrected chi connectivity index (χ3v) is 4.04. The molecular formula is C16H20N2O2. The van der Waals surface area contributed by atoms with Crippen LogP contribution in [0.1, 0.15) is 36.0 Å². The first-order chi connectivity index (χ1) is 9.83. The molecule has 3 rings (SSSR count). The second kappa shape index (κ2) is 5.67. The molecule has 0 saturated heterocycles. The first-order valence-electron chi connectivity index (χ1n) is 7.11. The summed E-state index contributed by atoms with van der Waals surface area (Å²) >= 11 is 0. The average Bonchev–Trinajstić information content (AvgIpc) is 2.91. The van der Waals surface area contributed by atoms with Gasteiger partial charge in [0.05, 0.1) is 19.8 Å². The Labute approximate surface area is 119 Å². The van der Waals surface area contributed by atoms with Gasteiger partial charge < -0.3 is 14.4 Å². The van der Waals surface area contributed by atoms with Crippen LogP contribution in [0.4, 0.5) is 0 Å². The minimum Gasteiger partial charge on any atom is -0.496 e. The zero-order valence-electron chi connectivity index (χ0n) is 11.7. The summed E-state index contributed by atoms with van der Waals surface area (Å²) in [7, 11) is 1.69. The fourth-order valence-electron chi connectivity index (χ4n) is 3.04. The minimum absolute atomic E-state index is 0.172. The Kier molecular flexibility index (Phi) is 3.74. The van der Waals surface area contributed by atoms with Crippen molar-refractivity contribution in [1.29, 1.82) is 0 Å². The summed E-state index contributed by atoms with van der Waals surface area (Å²) in [5.74, 6) is 1.91. The highest BCUT2D eigenvalue weighted by atomic mass is 16.5. The lowest BCUT2D eigenvalue weighted by Crippen LogP contribution is -2.22. The molecule has 4 nitrogen and oxygen atoms in total. The first kappa shape index (κ1) is 13.2. The van der Waals surface area contributed by atoms with Gasteiger partial charge in [0, 0.05) is 23.9 Å². The van der Waals surface area contributed by atoms with Gasteiger partial charge in [0.1, 0.15) is 11.6 Å². The third kappa shape index (κ3) is 2.31. The number of benzene rings is 1. The van der Waals surface area contributed by atoms with Gasteiger partial charge in [0.25, 0.3) is 0 Å². The molecule has 0 aliphatic carbocycles. The number of aryl methyl sites for hydroxylation is 1. The van der Waals surface area contributed by atoms with Crippen molar-refractivity contribution in [3.63, 3.8) is 0 Å². The molecule has 0 spiro atoms. The molecule has 2 heterocycles. The quantitative estimate of drug-likeness (QED) is 0.929. The summed E-state index contributed by atoms with van der Waals surface area (Å²) in [5.41, 5.74) is 2.37. The van der Waals surface area contributed by atoms with Gasteiger partial charge in [-0.2, -0.15) is 0 Å². The van der Waals surface area contributed by atoms with Gasteiger partial charge in [-0.05, 0) is 25.3 Å². The van der Waals surface area contributed by atoms with Crippen molar-refractivity contribution in [3.05, 3.63) is 47.5 Å². The molecule has 1 unspecified atom stereocenters. The number of hydrogen-bond acceptors (Lipinski definition) is 3. The van der Waals surface area contributed by atoms with Crippen LogP contribution in [0.15, 0.2) is 30.5 Å². The summed E-state index contributed by atoms with van der Waals surface area (Å²) in [6, 6.07) is 8.20. The number of nitrogens with zero attached hydrogens (tertiary/aromatic N) is 2. The lowest BCUT2D eigenvalue weighted by atomic mass is 10.0. The molecule has 0 bridgehead atoms. The molecule has 0 amide bonds. The Balaban J connectivity index is 1.94. The van der Waals surface area contributed by atoms with Crippen LogP contribution in [-0.4, -0.2) is 28.4 Å². The topological polar surface area (TPSA) is 47.3 Å². The largest absolute Gasteiger partial charge is 0.496 e. The molecule has 1 aliphatic rings. The predicted octanol–water partition coefficient (Wildman–Crippen LogP) is 2.35. The summed E-state index contributed by atoms with van der Waals surface area (Å²) in [6.07, 6.45) is 5.90. The van der Waals surface area contributed by atoms with Crippen LogP contribution in [0.5, 0.6) is 5.75 Å². The molecule has 1 aromatic carbocycles. The maximum atomic E-state index is 9.57. The van der Waals surface area contributed by atoms with E-state index >= 15 is 0 Å². The van der Waals surface area contributed by atoms with E-state index in [1.165, 1.54) is 5.69 Å². The van der Waals surface area contributed by atoms with Crippen molar-refractivity contribution in [1.82, 2.24) is 9.55 Å². The molecule has 1 aromatic heterocycles. The number of imidazole rings is 1. The van der Waals surface area contributed by atoms with Gasteiger partial charge in [-0.1, -0.05) is 18.2 Å². The van der Waals surface area contributed by atoms with Crippen molar-refractivity contribution in [2.24, 2.45) is 0 Å². The van der Waals surface area contributed by atoms with Gasteiger partial charge in [0.2, 0.25) is 0 Å². The van der Waals surface area contributed by atoms with Crippen LogP contribution in [0, 0.1) is 0 Å². The molecule has 2 aromatic rings. The number of para-hydroxylation sites is 1. The van der Waals surface area contributed by atoms with Crippen molar-refractivity contribution in [2.45, 2.75) is 31.7 Å². The fraction of sp³-hybridized carbons (Fsp3) is 0.438. The van der Waals surface area contributed by atoms with Crippen molar-refractivity contribution < 1.29 is 9.84 Å². The fourth-order valence-corrected chi connectivity index (χ4v) is 3.04. The lowest BCUT2D eigenvalue weighted by Gasteiger charge is -2.26. The molecular weight excluding hydrogens is 252 g/mol. The SMILES string of the molecule is COc1ccccc1Cc1ncc2n1C(CO)CCC2. The van der Waals surface area contributed by atoms with Crippen LogP contribution in [0.2, 0.25) is 0 Å². The highest BCUT2D eigenvalue weighted by molar-refractivity contribution is 5.35. The van der Waals surface area contributed by atoms with Gasteiger partial charge in [-0.15, -0.1) is 0 Å². The van der Waals surface area contributed by atoms with E-state index in [0.29, 0.717) is 0 Å². The lowest BCUT2D eigenvalue weighted by molar-refractivity contribution is 0.204. The summed E-state index contributed by atoms with van der Waals surface area (Å²) < 4.78 is 7.62. The number of fused-ring (bicyclic) bond motifs is 1. The Morgan fingerprint density at radius 1 is 1.40 bits per heavy atom. The van der Waals surface area contributed by atoms with E-state index in [2.05, 4.69) is 15.6 Å². The highest BCUT2D eigenvalue weighted by Gasteiger charge is 2.22. The summed E-state index contributed by atoms with van der Waals surface area (Å²) in [4.78, 5) is 4.56. The molecule has 20 heavy (non-hydrogen) atoms. The molecule has 4 heteroatoms. The Bertz CT molecular complexity index is 592. The van der Waals surface area contributed by atoms with Crippen LogP contribution in [0.3, 0.4) is 0 Å². The molecule has 106 valence electrons. The van der Waals surface area contributed by atoms with Crippen LogP contribution in [0.25, 0.3) is 0 Å². The molecule has 1 aliphatic heterocycles. The monoisotopic (exact) mass is 272 g/mol. The van der Waals surface area contributed by atoms with Gasteiger partial charge >= 0.3 is 0 Å². The number of aliphatic hydroxyl groups is 1. The zero-order chi connectivity index (χ0) is 13.9. The van der Waals surface area contributed by atoms with E-state index in [9.17, 15) is 5.11 Å². The van der Waals surface area contributed by atoms with Crippen LogP contribution in [-0.2, 0) is 12.8 Å². The molecule has 0 saturated carbocycles. The standard InChI is InChI=1S/C16H20N2O2/c1-20-15-8-3-2-5-12(15)9-16-17-10-13-6-4-7-14(11-19)18(13)16/h2-3,5,8,10,14,19H,4,6-7,9,11H2,1H3. The van der Waals surface area contributed by atoms with E-state index in [1.807, 2.05) is 24.4 Å². The third-order valence-electron chi connectivity index (χ3n) is 4.04. The Hall–Kier alpha value is -1.81. The van der Waals surface area contributed by atoms with E-state index < -0.39 is 0 Å². The van der Waals surface area contributed by atoms with Crippen molar-refractivity contribution in [2.75, 3.05) is 13.7 Å². The van der Waals surface area contributed by atoms with E-state index in [4.69, 9.17) is 4.74 Å². The Morgan fingerprint density at radius 2 is 2.25 bits per heavy atom. The zero-order valence-corrected chi connectivity index (χ0v) is 11.7.